The second-order valence-electron chi connectivity index (χ2n) is 3.27. The van der Waals surface area contributed by atoms with Crippen LogP contribution >= 0.6 is 27.3 Å². The summed E-state index contributed by atoms with van der Waals surface area (Å²) in [5.41, 5.74) is 0.940. The first-order valence-electron chi connectivity index (χ1n) is 4.70. The van der Waals surface area contributed by atoms with Crippen LogP contribution < -0.4 is 4.72 Å². The van der Waals surface area contributed by atoms with Crippen LogP contribution in [-0.4, -0.2) is 13.4 Å². The van der Waals surface area contributed by atoms with Gasteiger partial charge in [-0.05, 0) is 50.5 Å². The number of hydrogen-bond donors (Lipinski definition) is 1. The highest BCUT2D eigenvalue weighted by Crippen LogP contribution is 2.12. The molecule has 2 aromatic heterocycles. The van der Waals surface area contributed by atoms with E-state index in [1.807, 2.05) is 16.8 Å². The molecular weight excluding hydrogens is 324 g/mol. The monoisotopic (exact) mass is 332 g/mol. The van der Waals surface area contributed by atoms with Crippen LogP contribution in [-0.2, 0) is 16.6 Å². The molecule has 0 bridgehead atoms. The van der Waals surface area contributed by atoms with Crippen molar-refractivity contribution < 1.29 is 8.42 Å². The molecule has 0 aromatic carbocycles. The van der Waals surface area contributed by atoms with Crippen LogP contribution in [0.15, 0.2) is 44.7 Å². The van der Waals surface area contributed by atoms with Crippen molar-refractivity contribution in [3.8, 4) is 0 Å². The van der Waals surface area contributed by atoms with Crippen LogP contribution in [0.5, 0.6) is 0 Å². The average molecular weight is 333 g/mol. The molecule has 0 unspecified atom stereocenters. The Kier molecular flexibility index (Phi) is 3.93. The molecule has 2 rings (SSSR count). The van der Waals surface area contributed by atoms with E-state index in [0.717, 1.165) is 10.0 Å². The zero-order valence-electron chi connectivity index (χ0n) is 8.63. The molecule has 7 heteroatoms. The van der Waals surface area contributed by atoms with Gasteiger partial charge < -0.3 is 0 Å². The molecule has 0 spiro atoms. The Labute approximate surface area is 112 Å². The second kappa shape index (κ2) is 5.26. The molecule has 0 aliphatic carbocycles. The van der Waals surface area contributed by atoms with E-state index in [9.17, 15) is 8.42 Å². The van der Waals surface area contributed by atoms with Gasteiger partial charge in [0, 0.05) is 17.2 Å². The van der Waals surface area contributed by atoms with Crippen LogP contribution in [0, 0.1) is 0 Å². The minimum atomic E-state index is -3.53. The van der Waals surface area contributed by atoms with Gasteiger partial charge in [-0.1, -0.05) is 0 Å². The van der Waals surface area contributed by atoms with Crippen molar-refractivity contribution in [3.63, 3.8) is 0 Å². The summed E-state index contributed by atoms with van der Waals surface area (Å²) in [7, 11) is -3.53. The summed E-state index contributed by atoms with van der Waals surface area (Å²) in [5.74, 6) is 0. The molecule has 0 saturated heterocycles. The molecule has 0 saturated carbocycles. The Morgan fingerprint density at radius 1 is 1.35 bits per heavy atom. The summed E-state index contributed by atoms with van der Waals surface area (Å²) in [6.07, 6.45) is 1.46. The lowest BCUT2D eigenvalue weighted by Gasteiger charge is -2.04. The zero-order chi connectivity index (χ0) is 12.3. The van der Waals surface area contributed by atoms with Crippen molar-refractivity contribution >= 4 is 37.3 Å². The maximum atomic E-state index is 11.9. The van der Waals surface area contributed by atoms with E-state index in [4.69, 9.17) is 0 Å². The van der Waals surface area contributed by atoms with E-state index in [-0.39, 0.29) is 11.6 Å². The van der Waals surface area contributed by atoms with E-state index >= 15 is 0 Å². The molecule has 1 N–H and O–H groups in total. The maximum Gasteiger partial charge on any atom is 0.258 e. The number of pyridine rings is 1. The summed E-state index contributed by atoms with van der Waals surface area (Å²) in [5, 5.41) is 3.83. The normalized spacial score (nSPS) is 11.6. The first-order chi connectivity index (χ1) is 8.08. The van der Waals surface area contributed by atoms with Gasteiger partial charge in [0.2, 0.25) is 0 Å². The number of sulfonamides is 1. The lowest BCUT2D eigenvalue weighted by molar-refractivity contribution is 0.577. The Morgan fingerprint density at radius 2 is 2.18 bits per heavy atom. The molecule has 0 aliphatic rings. The highest BCUT2D eigenvalue weighted by Gasteiger charge is 2.14. The van der Waals surface area contributed by atoms with Gasteiger partial charge in [0.25, 0.3) is 10.0 Å². The van der Waals surface area contributed by atoms with Gasteiger partial charge in [-0.2, -0.15) is 11.3 Å². The third-order valence-electron chi connectivity index (χ3n) is 2.02. The molecule has 0 aliphatic heterocycles. The zero-order valence-corrected chi connectivity index (χ0v) is 11.8. The third-order valence-corrected chi connectivity index (χ3v) is 4.54. The van der Waals surface area contributed by atoms with Gasteiger partial charge in [0.05, 0.1) is 0 Å². The van der Waals surface area contributed by atoms with E-state index in [0.29, 0.717) is 0 Å². The smallest absolute Gasteiger partial charge is 0.242 e. The van der Waals surface area contributed by atoms with Crippen molar-refractivity contribution in [3.05, 3.63) is 45.2 Å². The molecule has 0 radical (unpaired) electrons. The summed E-state index contributed by atoms with van der Waals surface area (Å²) in [4.78, 5) is 3.86. The average Bonchev–Trinajstić information content (AvgIpc) is 2.80. The van der Waals surface area contributed by atoms with E-state index in [2.05, 4.69) is 25.6 Å². The Morgan fingerprint density at radius 3 is 2.76 bits per heavy atom. The molecule has 0 atom stereocenters. The summed E-state index contributed by atoms with van der Waals surface area (Å²) in [6.45, 7) is 0.281. The van der Waals surface area contributed by atoms with Crippen LogP contribution in [0.2, 0.25) is 0 Å². The lowest BCUT2D eigenvalue weighted by atomic mass is 10.4. The number of rotatable bonds is 4. The molecule has 2 heterocycles. The summed E-state index contributed by atoms with van der Waals surface area (Å²) in [6, 6.07) is 4.98. The molecule has 0 fully saturated rings. The fraction of sp³-hybridized carbons (Fsp3) is 0.100. The molecule has 2 aromatic rings. The van der Waals surface area contributed by atoms with E-state index in [1.165, 1.54) is 23.6 Å². The maximum absolute atomic E-state index is 11.9. The van der Waals surface area contributed by atoms with E-state index in [1.54, 1.807) is 6.07 Å². The first kappa shape index (κ1) is 12.7. The van der Waals surface area contributed by atoms with Gasteiger partial charge in [-0.25, -0.2) is 18.1 Å². The Hall–Kier alpha value is -0.760. The lowest BCUT2D eigenvalue weighted by Crippen LogP contribution is -2.23. The van der Waals surface area contributed by atoms with Crippen molar-refractivity contribution in [2.24, 2.45) is 0 Å². The minimum absolute atomic E-state index is 0.0240. The minimum Gasteiger partial charge on any atom is -0.242 e. The first-order valence-corrected chi connectivity index (χ1v) is 7.92. The fourth-order valence-electron chi connectivity index (χ4n) is 1.17. The van der Waals surface area contributed by atoms with Gasteiger partial charge in [0.15, 0.2) is 5.03 Å². The molecule has 0 amide bonds. The Balaban J connectivity index is 2.11. The number of aromatic nitrogens is 1. The highest BCUT2D eigenvalue weighted by molar-refractivity contribution is 9.10. The molecule has 17 heavy (non-hydrogen) atoms. The summed E-state index contributed by atoms with van der Waals surface area (Å²) < 4.78 is 26.9. The van der Waals surface area contributed by atoms with Crippen molar-refractivity contribution in [1.29, 1.82) is 0 Å². The van der Waals surface area contributed by atoms with Crippen molar-refractivity contribution in [2.75, 3.05) is 0 Å². The van der Waals surface area contributed by atoms with Crippen LogP contribution in [0.3, 0.4) is 0 Å². The number of thiophene rings is 1. The number of halogens is 1. The van der Waals surface area contributed by atoms with Gasteiger partial charge in [-0.3, -0.25) is 0 Å². The third kappa shape index (κ3) is 3.35. The quantitative estimate of drug-likeness (QED) is 0.935. The molecule has 90 valence electrons. The Bertz CT molecular complexity index is 579. The number of nitrogens with zero attached hydrogens (tertiary/aromatic N) is 1. The van der Waals surface area contributed by atoms with Crippen LogP contribution in [0.1, 0.15) is 5.56 Å². The van der Waals surface area contributed by atoms with Crippen LogP contribution in [0.25, 0.3) is 0 Å². The number of nitrogens with one attached hydrogen (secondary N) is 1. The predicted octanol–water partition coefficient (Wildman–Crippen LogP) is 2.38. The molecular formula is C10H9BrN2O2S2. The van der Waals surface area contributed by atoms with Gasteiger partial charge in [0.1, 0.15) is 0 Å². The highest BCUT2D eigenvalue weighted by atomic mass is 79.9. The molecule has 4 nitrogen and oxygen atoms in total. The summed E-state index contributed by atoms with van der Waals surface area (Å²) >= 11 is 4.74. The predicted molar refractivity (Wildman–Crippen MR) is 70.3 cm³/mol. The standard InChI is InChI=1S/C10H9BrN2O2S2/c11-9-1-2-10(12-6-9)17(14,15)13-5-8-3-4-16-7-8/h1-4,6-7,13H,5H2. The fourth-order valence-corrected chi connectivity index (χ4v) is 3.01. The van der Waals surface area contributed by atoms with E-state index < -0.39 is 10.0 Å². The van der Waals surface area contributed by atoms with Crippen molar-refractivity contribution in [2.45, 2.75) is 11.6 Å². The second-order valence-corrected chi connectivity index (χ2v) is 6.68. The number of hydrogen-bond acceptors (Lipinski definition) is 4. The van der Waals surface area contributed by atoms with Crippen LogP contribution in [0.4, 0.5) is 0 Å². The SMILES string of the molecule is O=S(=O)(NCc1ccsc1)c1ccc(Br)cn1. The topological polar surface area (TPSA) is 59.1 Å². The van der Waals surface area contributed by atoms with Crippen molar-refractivity contribution in [1.82, 2.24) is 9.71 Å². The largest absolute Gasteiger partial charge is 0.258 e. The van der Waals surface area contributed by atoms with Gasteiger partial charge >= 0.3 is 0 Å². The van der Waals surface area contributed by atoms with Gasteiger partial charge in [-0.15, -0.1) is 0 Å².